The zero-order chi connectivity index (χ0) is 23.2. The highest BCUT2D eigenvalue weighted by molar-refractivity contribution is 7.92. The number of rotatable bonds is 5. The molecule has 9 nitrogen and oxygen atoms in total. The van der Waals surface area contributed by atoms with E-state index >= 15 is 0 Å². The Kier molecular flexibility index (Phi) is 4.94. The summed E-state index contributed by atoms with van der Waals surface area (Å²) in [5.41, 5.74) is 5.88. The molecule has 162 valence electrons. The van der Waals surface area contributed by atoms with Gasteiger partial charge in [-0.1, -0.05) is 24.3 Å². The monoisotopic (exact) mass is 453 g/mol. The SMILES string of the molecule is Nc1c(Oc2ccc(S(=O)(=O)CC(=O)O)cc2)cc(O)c2c1C(=O)c1ccccc1C2=O. The van der Waals surface area contributed by atoms with Gasteiger partial charge in [0.05, 0.1) is 21.7 Å². The summed E-state index contributed by atoms with van der Waals surface area (Å²) < 4.78 is 29.6. The second kappa shape index (κ2) is 7.50. The van der Waals surface area contributed by atoms with Crippen LogP contribution < -0.4 is 10.5 Å². The lowest BCUT2D eigenvalue weighted by Gasteiger charge is -2.21. The lowest BCUT2D eigenvalue weighted by Crippen LogP contribution is -2.22. The Balaban J connectivity index is 1.71. The smallest absolute Gasteiger partial charge is 0.319 e. The summed E-state index contributed by atoms with van der Waals surface area (Å²) in [6.45, 7) is 0. The number of carboxylic acids is 1. The summed E-state index contributed by atoms with van der Waals surface area (Å²) in [6.07, 6.45) is 0. The van der Waals surface area contributed by atoms with Crippen molar-refractivity contribution in [2.45, 2.75) is 4.90 Å². The van der Waals surface area contributed by atoms with Crippen LogP contribution in [0.15, 0.2) is 59.5 Å². The van der Waals surface area contributed by atoms with Crippen molar-refractivity contribution >= 4 is 33.1 Å². The number of carbonyl (C=O) groups is 3. The van der Waals surface area contributed by atoms with Gasteiger partial charge in [0.25, 0.3) is 0 Å². The molecule has 0 spiro atoms. The van der Waals surface area contributed by atoms with Crippen molar-refractivity contribution in [3.05, 3.63) is 76.9 Å². The van der Waals surface area contributed by atoms with E-state index in [4.69, 9.17) is 15.6 Å². The van der Waals surface area contributed by atoms with Gasteiger partial charge in [0.1, 0.15) is 11.5 Å². The third-order valence-electron chi connectivity index (χ3n) is 4.90. The summed E-state index contributed by atoms with van der Waals surface area (Å²) in [5, 5.41) is 19.2. The molecule has 10 heteroatoms. The van der Waals surface area contributed by atoms with E-state index < -0.39 is 38.9 Å². The number of carboxylic acid groups (broad SMARTS) is 1. The molecule has 0 amide bonds. The molecule has 0 aliphatic heterocycles. The maximum atomic E-state index is 13.0. The van der Waals surface area contributed by atoms with Crippen molar-refractivity contribution in [3.8, 4) is 17.2 Å². The first-order chi connectivity index (χ1) is 15.1. The van der Waals surface area contributed by atoms with Crippen molar-refractivity contribution in [3.63, 3.8) is 0 Å². The van der Waals surface area contributed by atoms with Gasteiger partial charge in [-0.05, 0) is 24.3 Å². The first kappa shape index (κ1) is 21.1. The molecule has 32 heavy (non-hydrogen) atoms. The van der Waals surface area contributed by atoms with E-state index in [9.17, 15) is 27.9 Å². The van der Waals surface area contributed by atoms with Gasteiger partial charge in [0, 0.05) is 17.2 Å². The highest BCUT2D eigenvalue weighted by Crippen LogP contribution is 2.42. The van der Waals surface area contributed by atoms with Gasteiger partial charge in [0.15, 0.2) is 32.9 Å². The number of phenolic OH excluding ortho intramolecular Hbond substituents is 1. The molecule has 0 fully saturated rings. The molecule has 4 rings (SSSR count). The van der Waals surface area contributed by atoms with Crippen molar-refractivity contribution in [2.75, 3.05) is 11.5 Å². The first-order valence-electron chi connectivity index (χ1n) is 9.16. The molecule has 0 atom stereocenters. The van der Waals surface area contributed by atoms with Crippen LogP contribution in [0.25, 0.3) is 0 Å². The van der Waals surface area contributed by atoms with Gasteiger partial charge in [0.2, 0.25) is 0 Å². The second-order valence-electron chi connectivity index (χ2n) is 6.99. The Morgan fingerprint density at radius 2 is 1.50 bits per heavy atom. The van der Waals surface area contributed by atoms with E-state index in [1.54, 1.807) is 12.1 Å². The van der Waals surface area contributed by atoms with Crippen LogP contribution in [-0.4, -0.2) is 41.9 Å². The number of fused-ring (bicyclic) bond motifs is 2. The molecule has 1 aliphatic carbocycles. The molecule has 1 aliphatic rings. The molecule has 3 aromatic rings. The summed E-state index contributed by atoms with van der Waals surface area (Å²) in [4.78, 5) is 36.3. The zero-order valence-corrected chi connectivity index (χ0v) is 17.0. The lowest BCUT2D eigenvalue weighted by atomic mass is 9.82. The van der Waals surface area contributed by atoms with Crippen LogP contribution in [0.4, 0.5) is 5.69 Å². The largest absolute Gasteiger partial charge is 0.507 e. The predicted molar refractivity (Wildman–Crippen MR) is 112 cm³/mol. The maximum absolute atomic E-state index is 13.0. The number of nitrogens with two attached hydrogens (primary N) is 1. The third kappa shape index (κ3) is 3.46. The number of nitrogen functional groups attached to an aromatic ring is 1. The number of hydrogen-bond acceptors (Lipinski definition) is 8. The van der Waals surface area contributed by atoms with Crippen LogP contribution in [0.2, 0.25) is 0 Å². The number of ether oxygens (including phenoxy) is 1. The predicted octanol–water partition coefficient (Wildman–Crippen LogP) is 2.40. The number of phenols is 1. The highest BCUT2D eigenvalue weighted by Gasteiger charge is 2.35. The Morgan fingerprint density at radius 3 is 2.06 bits per heavy atom. The minimum absolute atomic E-state index is 0.108. The summed E-state index contributed by atoms with van der Waals surface area (Å²) in [6, 6.07) is 12.1. The molecular weight excluding hydrogens is 438 g/mol. The van der Waals surface area contributed by atoms with Crippen LogP contribution in [0.1, 0.15) is 31.8 Å². The minimum Gasteiger partial charge on any atom is -0.507 e. The van der Waals surface area contributed by atoms with Crippen LogP contribution in [-0.2, 0) is 14.6 Å². The van der Waals surface area contributed by atoms with E-state index in [0.717, 1.165) is 18.2 Å². The van der Waals surface area contributed by atoms with Crippen LogP contribution >= 0.6 is 0 Å². The number of hydrogen-bond donors (Lipinski definition) is 3. The van der Waals surface area contributed by atoms with Crippen LogP contribution in [0.5, 0.6) is 17.2 Å². The molecule has 0 heterocycles. The van der Waals surface area contributed by atoms with Gasteiger partial charge in [-0.3, -0.25) is 14.4 Å². The van der Waals surface area contributed by atoms with E-state index in [1.165, 1.54) is 24.3 Å². The molecule has 0 saturated carbocycles. The van der Waals surface area contributed by atoms with Crippen molar-refractivity contribution in [2.24, 2.45) is 0 Å². The van der Waals surface area contributed by atoms with Gasteiger partial charge in [-0.15, -0.1) is 0 Å². The fourth-order valence-electron chi connectivity index (χ4n) is 3.45. The number of carbonyl (C=O) groups excluding carboxylic acids is 2. The quantitative estimate of drug-likeness (QED) is 0.304. The second-order valence-corrected chi connectivity index (χ2v) is 8.98. The molecule has 0 unspecified atom stereocenters. The average molecular weight is 453 g/mol. The summed E-state index contributed by atoms with van der Waals surface area (Å²) in [5.74, 6) is -4.11. The maximum Gasteiger partial charge on any atom is 0.319 e. The Bertz CT molecular complexity index is 1410. The van der Waals surface area contributed by atoms with Gasteiger partial charge >= 0.3 is 5.97 Å². The summed E-state index contributed by atoms with van der Waals surface area (Å²) in [7, 11) is -4.02. The fraction of sp³-hybridized carbons (Fsp3) is 0.0455. The number of benzene rings is 3. The number of aromatic hydroxyl groups is 1. The van der Waals surface area contributed by atoms with Crippen LogP contribution in [0.3, 0.4) is 0 Å². The number of ketones is 2. The number of anilines is 1. The van der Waals surface area contributed by atoms with Gasteiger partial charge in [-0.2, -0.15) is 0 Å². The molecule has 3 aromatic carbocycles. The van der Waals surface area contributed by atoms with E-state index in [0.29, 0.717) is 0 Å². The van der Waals surface area contributed by atoms with Gasteiger partial charge in [-0.25, -0.2) is 8.42 Å². The standard InChI is InChI=1S/C22H15NO8S/c23-20-16(31-11-5-7-12(8-6-11)32(29,30)10-17(25)26)9-15(24)18-19(20)22(28)14-4-2-1-3-13(14)21(18)27/h1-9,24H,10,23H2,(H,25,26). The lowest BCUT2D eigenvalue weighted by molar-refractivity contribution is -0.134. The normalized spacial score (nSPS) is 12.8. The minimum atomic E-state index is -4.02. The molecule has 0 bridgehead atoms. The van der Waals surface area contributed by atoms with Crippen molar-refractivity contribution in [1.82, 2.24) is 0 Å². The Hall–Kier alpha value is -4.18. The van der Waals surface area contributed by atoms with Gasteiger partial charge < -0.3 is 20.7 Å². The fourth-order valence-corrected chi connectivity index (χ4v) is 4.49. The average Bonchev–Trinajstić information content (AvgIpc) is 2.74. The molecule has 0 saturated heterocycles. The van der Waals surface area contributed by atoms with Crippen molar-refractivity contribution in [1.29, 1.82) is 0 Å². The molecule has 4 N–H and O–H groups in total. The van der Waals surface area contributed by atoms with E-state index in [1.807, 2.05) is 0 Å². The molecular formula is C22H15NO8S. The highest BCUT2D eigenvalue weighted by atomic mass is 32.2. The third-order valence-corrected chi connectivity index (χ3v) is 6.52. The number of sulfone groups is 1. The zero-order valence-electron chi connectivity index (χ0n) is 16.2. The van der Waals surface area contributed by atoms with E-state index in [2.05, 4.69) is 0 Å². The summed E-state index contributed by atoms with van der Waals surface area (Å²) >= 11 is 0. The molecule has 0 radical (unpaired) electrons. The Labute approximate surface area is 181 Å². The topological polar surface area (TPSA) is 161 Å². The van der Waals surface area contributed by atoms with Crippen LogP contribution in [0, 0.1) is 0 Å². The Morgan fingerprint density at radius 1 is 0.938 bits per heavy atom. The first-order valence-corrected chi connectivity index (χ1v) is 10.8. The van der Waals surface area contributed by atoms with Crippen molar-refractivity contribution < 1.29 is 37.8 Å². The van der Waals surface area contributed by atoms with E-state index in [-0.39, 0.29) is 44.3 Å². The molecule has 0 aromatic heterocycles. The number of aliphatic carboxylic acids is 1.